The number of carbonyl (C=O) groups excluding carboxylic acids is 1. The standard InChI is InChI=1S/C16H20F2N4O2/c1-10-20-21-15(24-10)9-22(16(2,3)4)8-14(23)19-13-6-5-11(17)7-12(13)18/h5-7H,8-9H2,1-4H3,(H,19,23). The Morgan fingerprint density at radius 3 is 2.54 bits per heavy atom. The van der Waals surface area contributed by atoms with Gasteiger partial charge in [0.15, 0.2) is 0 Å². The Kier molecular flexibility index (Phi) is 5.28. The van der Waals surface area contributed by atoms with Crippen molar-refractivity contribution in [2.45, 2.75) is 39.8 Å². The van der Waals surface area contributed by atoms with Crippen LogP contribution < -0.4 is 5.32 Å². The summed E-state index contributed by atoms with van der Waals surface area (Å²) >= 11 is 0. The van der Waals surface area contributed by atoms with E-state index in [2.05, 4.69) is 15.5 Å². The van der Waals surface area contributed by atoms with Gasteiger partial charge in [0, 0.05) is 18.5 Å². The average Bonchev–Trinajstić information content (AvgIpc) is 2.86. The van der Waals surface area contributed by atoms with Gasteiger partial charge in [0.1, 0.15) is 11.6 Å². The lowest BCUT2D eigenvalue weighted by Crippen LogP contribution is -2.45. The second-order valence-electron chi connectivity index (χ2n) is 6.41. The number of hydrogen-bond donors (Lipinski definition) is 1. The van der Waals surface area contributed by atoms with Crippen LogP contribution >= 0.6 is 0 Å². The van der Waals surface area contributed by atoms with E-state index in [4.69, 9.17) is 4.42 Å². The minimum absolute atomic E-state index is 0.0122. The van der Waals surface area contributed by atoms with Crippen LogP contribution in [0.5, 0.6) is 0 Å². The van der Waals surface area contributed by atoms with Crippen molar-refractivity contribution in [3.05, 3.63) is 41.6 Å². The van der Waals surface area contributed by atoms with E-state index in [0.29, 0.717) is 11.8 Å². The lowest BCUT2D eigenvalue weighted by atomic mass is 10.1. The minimum Gasteiger partial charge on any atom is -0.424 e. The number of anilines is 1. The monoisotopic (exact) mass is 338 g/mol. The molecule has 0 aliphatic rings. The number of benzene rings is 1. The highest BCUT2D eigenvalue weighted by molar-refractivity contribution is 5.92. The molecule has 1 aromatic carbocycles. The van der Waals surface area contributed by atoms with Crippen molar-refractivity contribution in [3.8, 4) is 0 Å². The molecule has 0 aliphatic carbocycles. The summed E-state index contributed by atoms with van der Waals surface area (Å²) in [5.41, 5.74) is -0.426. The van der Waals surface area contributed by atoms with E-state index in [-0.39, 0.29) is 24.3 Å². The van der Waals surface area contributed by atoms with Crippen LogP contribution in [0.15, 0.2) is 22.6 Å². The van der Waals surface area contributed by atoms with Crippen LogP contribution in [-0.2, 0) is 11.3 Å². The molecule has 0 fully saturated rings. The molecule has 1 N–H and O–H groups in total. The summed E-state index contributed by atoms with van der Waals surface area (Å²) in [5.74, 6) is -1.11. The maximum Gasteiger partial charge on any atom is 0.238 e. The van der Waals surface area contributed by atoms with Crippen molar-refractivity contribution in [1.29, 1.82) is 0 Å². The predicted molar refractivity (Wildman–Crippen MR) is 84.2 cm³/mol. The zero-order valence-electron chi connectivity index (χ0n) is 14.1. The second-order valence-corrected chi connectivity index (χ2v) is 6.41. The van der Waals surface area contributed by atoms with Gasteiger partial charge >= 0.3 is 0 Å². The van der Waals surface area contributed by atoms with Crippen LogP contribution in [0.25, 0.3) is 0 Å². The van der Waals surface area contributed by atoms with Crippen molar-refractivity contribution in [1.82, 2.24) is 15.1 Å². The van der Waals surface area contributed by atoms with Gasteiger partial charge in [0.05, 0.1) is 18.8 Å². The van der Waals surface area contributed by atoms with E-state index in [0.717, 1.165) is 12.1 Å². The third kappa shape index (κ3) is 4.82. The van der Waals surface area contributed by atoms with Gasteiger partial charge in [0.2, 0.25) is 17.7 Å². The smallest absolute Gasteiger partial charge is 0.238 e. The van der Waals surface area contributed by atoms with E-state index in [9.17, 15) is 13.6 Å². The average molecular weight is 338 g/mol. The molecule has 8 heteroatoms. The molecule has 0 radical (unpaired) electrons. The lowest BCUT2D eigenvalue weighted by molar-refractivity contribution is -0.118. The molecule has 1 aromatic heterocycles. The van der Waals surface area contributed by atoms with Gasteiger partial charge in [0.25, 0.3) is 0 Å². The fourth-order valence-electron chi connectivity index (χ4n) is 2.05. The van der Waals surface area contributed by atoms with E-state index in [1.165, 1.54) is 6.07 Å². The number of nitrogens with zero attached hydrogens (tertiary/aromatic N) is 3. The molecule has 0 spiro atoms. The number of amides is 1. The summed E-state index contributed by atoms with van der Waals surface area (Å²) in [7, 11) is 0. The van der Waals surface area contributed by atoms with E-state index < -0.39 is 17.5 Å². The van der Waals surface area contributed by atoms with Gasteiger partial charge < -0.3 is 9.73 Å². The Bertz CT molecular complexity index is 725. The second kappa shape index (κ2) is 7.04. The third-order valence-electron chi connectivity index (χ3n) is 3.38. The topological polar surface area (TPSA) is 71.3 Å². The molecule has 0 aliphatic heterocycles. The molecular formula is C16H20F2N4O2. The minimum atomic E-state index is -0.821. The molecule has 6 nitrogen and oxygen atoms in total. The highest BCUT2D eigenvalue weighted by atomic mass is 19.1. The fourth-order valence-corrected chi connectivity index (χ4v) is 2.05. The maximum atomic E-state index is 13.6. The highest BCUT2D eigenvalue weighted by Crippen LogP contribution is 2.18. The molecule has 2 rings (SSSR count). The number of carbonyl (C=O) groups is 1. The first-order valence-corrected chi connectivity index (χ1v) is 7.44. The van der Waals surface area contributed by atoms with Crippen molar-refractivity contribution in [2.75, 3.05) is 11.9 Å². The van der Waals surface area contributed by atoms with Crippen LogP contribution in [0, 0.1) is 18.6 Å². The molecule has 0 unspecified atom stereocenters. The van der Waals surface area contributed by atoms with Gasteiger partial charge in [-0.25, -0.2) is 8.78 Å². The van der Waals surface area contributed by atoms with Crippen LogP contribution in [0.2, 0.25) is 0 Å². The zero-order valence-corrected chi connectivity index (χ0v) is 14.1. The number of rotatable bonds is 5. The fraction of sp³-hybridized carbons (Fsp3) is 0.438. The molecule has 0 saturated carbocycles. The molecule has 1 heterocycles. The molecular weight excluding hydrogens is 318 g/mol. The van der Waals surface area contributed by atoms with Gasteiger partial charge in [-0.2, -0.15) is 0 Å². The quantitative estimate of drug-likeness (QED) is 0.908. The Morgan fingerprint density at radius 2 is 2.00 bits per heavy atom. The number of nitrogens with one attached hydrogen (secondary N) is 1. The summed E-state index contributed by atoms with van der Waals surface area (Å²) in [6.45, 7) is 7.75. The Labute approximate surface area is 138 Å². The van der Waals surface area contributed by atoms with E-state index in [1.54, 1.807) is 6.92 Å². The van der Waals surface area contributed by atoms with Crippen LogP contribution in [0.4, 0.5) is 14.5 Å². The van der Waals surface area contributed by atoms with Crippen LogP contribution in [0.1, 0.15) is 32.6 Å². The van der Waals surface area contributed by atoms with E-state index >= 15 is 0 Å². The largest absolute Gasteiger partial charge is 0.424 e. The van der Waals surface area contributed by atoms with Crippen molar-refractivity contribution < 1.29 is 18.0 Å². The SMILES string of the molecule is Cc1nnc(CN(CC(=O)Nc2ccc(F)cc2F)C(C)(C)C)o1. The zero-order chi connectivity index (χ0) is 17.9. The molecule has 24 heavy (non-hydrogen) atoms. The Balaban J connectivity index is 2.07. The lowest BCUT2D eigenvalue weighted by Gasteiger charge is -2.33. The Hall–Kier alpha value is -2.35. The molecule has 0 atom stereocenters. The summed E-state index contributed by atoms with van der Waals surface area (Å²) in [5, 5.41) is 10.1. The van der Waals surface area contributed by atoms with Gasteiger partial charge in [-0.15, -0.1) is 10.2 Å². The first kappa shape index (κ1) is 18.0. The number of aromatic nitrogens is 2. The third-order valence-corrected chi connectivity index (χ3v) is 3.38. The molecule has 2 aromatic rings. The highest BCUT2D eigenvalue weighted by Gasteiger charge is 2.26. The van der Waals surface area contributed by atoms with Gasteiger partial charge in [-0.1, -0.05) is 0 Å². The molecule has 130 valence electrons. The van der Waals surface area contributed by atoms with Crippen molar-refractivity contribution in [3.63, 3.8) is 0 Å². The van der Waals surface area contributed by atoms with Crippen molar-refractivity contribution in [2.24, 2.45) is 0 Å². The molecule has 0 saturated heterocycles. The van der Waals surface area contributed by atoms with Gasteiger partial charge in [-0.05, 0) is 32.9 Å². The number of halogens is 2. The predicted octanol–water partition coefficient (Wildman–Crippen LogP) is 2.90. The normalized spacial score (nSPS) is 11.8. The summed E-state index contributed by atoms with van der Waals surface area (Å²) in [4.78, 5) is 14.0. The van der Waals surface area contributed by atoms with Crippen molar-refractivity contribution >= 4 is 11.6 Å². The van der Waals surface area contributed by atoms with Crippen LogP contribution in [-0.4, -0.2) is 33.1 Å². The van der Waals surface area contributed by atoms with Gasteiger partial charge in [-0.3, -0.25) is 9.69 Å². The maximum absolute atomic E-state index is 13.6. The Morgan fingerprint density at radius 1 is 1.29 bits per heavy atom. The first-order chi connectivity index (χ1) is 11.1. The van der Waals surface area contributed by atoms with Crippen LogP contribution in [0.3, 0.4) is 0 Å². The summed E-state index contributed by atoms with van der Waals surface area (Å²) in [6, 6.07) is 2.99. The molecule has 0 bridgehead atoms. The summed E-state index contributed by atoms with van der Waals surface area (Å²) in [6.07, 6.45) is 0. The molecule has 1 amide bonds. The van der Waals surface area contributed by atoms with E-state index in [1.807, 2.05) is 25.7 Å². The summed E-state index contributed by atoms with van der Waals surface area (Å²) < 4.78 is 31.9. The number of aryl methyl sites for hydroxylation is 1. The number of hydrogen-bond acceptors (Lipinski definition) is 5. The first-order valence-electron chi connectivity index (χ1n) is 7.44.